The average Bonchev–Trinajstić information content (AvgIpc) is 3.53. The number of hydrogen-bond acceptors (Lipinski definition) is 4. The van der Waals surface area contributed by atoms with E-state index in [1.807, 2.05) is 84.9 Å². The lowest BCUT2D eigenvalue weighted by Crippen LogP contribution is -2.00. The van der Waals surface area contributed by atoms with Crippen molar-refractivity contribution in [2.75, 3.05) is 0 Å². The van der Waals surface area contributed by atoms with Gasteiger partial charge in [0.2, 0.25) is 0 Å². The SMILES string of the molecule is c1ccc(-c2ccc3cc(-c4cc(-c5nc(-c6ccccc6)nc(-c6ccccc6)n5)c5c(c4)oc4ccccc45)ccc3c2)cc1. The minimum atomic E-state index is 0.601. The maximum Gasteiger partial charge on any atom is 0.164 e. The fraction of sp³-hybridized carbons (Fsp3) is 0. The molecule has 9 rings (SSSR count). The van der Waals surface area contributed by atoms with Crippen molar-refractivity contribution >= 4 is 32.7 Å². The van der Waals surface area contributed by atoms with Gasteiger partial charge in [-0.3, -0.25) is 0 Å². The van der Waals surface area contributed by atoms with E-state index in [0.717, 1.165) is 49.8 Å². The molecular formula is C43H27N3O. The summed E-state index contributed by atoms with van der Waals surface area (Å²) in [6.45, 7) is 0. The van der Waals surface area contributed by atoms with Crippen LogP contribution in [0.5, 0.6) is 0 Å². The zero-order chi connectivity index (χ0) is 31.2. The molecule has 2 heterocycles. The van der Waals surface area contributed by atoms with Crippen LogP contribution in [-0.4, -0.2) is 15.0 Å². The summed E-state index contributed by atoms with van der Waals surface area (Å²) in [6, 6.07) is 56.4. The van der Waals surface area contributed by atoms with Crippen LogP contribution < -0.4 is 0 Å². The number of para-hydroxylation sites is 1. The molecule has 4 heteroatoms. The van der Waals surface area contributed by atoms with E-state index in [1.54, 1.807) is 0 Å². The van der Waals surface area contributed by atoms with Crippen LogP contribution in [0.3, 0.4) is 0 Å². The van der Waals surface area contributed by atoms with Crippen molar-refractivity contribution in [2.45, 2.75) is 0 Å². The van der Waals surface area contributed by atoms with Crippen molar-refractivity contribution < 1.29 is 4.42 Å². The molecule has 0 aliphatic heterocycles. The molecule has 0 spiro atoms. The summed E-state index contributed by atoms with van der Waals surface area (Å²) in [6.07, 6.45) is 0. The van der Waals surface area contributed by atoms with Crippen LogP contribution in [0.25, 0.3) is 89.1 Å². The van der Waals surface area contributed by atoms with Gasteiger partial charge in [-0.15, -0.1) is 0 Å². The number of nitrogens with zero attached hydrogens (tertiary/aromatic N) is 3. The van der Waals surface area contributed by atoms with Crippen molar-refractivity contribution in [1.29, 1.82) is 0 Å². The summed E-state index contributed by atoms with van der Waals surface area (Å²) in [5.41, 5.74) is 8.92. The summed E-state index contributed by atoms with van der Waals surface area (Å²) in [7, 11) is 0. The van der Waals surface area contributed by atoms with E-state index < -0.39 is 0 Å². The number of aromatic nitrogens is 3. The fourth-order valence-corrected chi connectivity index (χ4v) is 6.36. The van der Waals surface area contributed by atoms with Gasteiger partial charge in [0.05, 0.1) is 0 Å². The molecule has 0 saturated heterocycles. The van der Waals surface area contributed by atoms with Crippen LogP contribution in [0.2, 0.25) is 0 Å². The highest BCUT2D eigenvalue weighted by atomic mass is 16.3. The topological polar surface area (TPSA) is 51.8 Å². The molecule has 0 aliphatic carbocycles. The molecule has 0 saturated carbocycles. The van der Waals surface area contributed by atoms with Crippen LogP contribution in [0.1, 0.15) is 0 Å². The van der Waals surface area contributed by atoms with Crippen LogP contribution in [0, 0.1) is 0 Å². The standard InChI is InChI=1S/C43H27N3O/c1-4-12-28(13-5-1)31-20-21-33-25-34(23-22-32(33)24-31)35-26-37(40-36-18-10-11-19-38(36)47-39(40)27-35)43-45-41(29-14-6-2-7-15-29)44-42(46-43)30-16-8-3-9-17-30/h1-27H. The third-order valence-corrected chi connectivity index (χ3v) is 8.70. The van der Waals surface area contributed by atoms with Crippen molar-refractivity contribution in [3.8, 4) is 56.4 Å². The second-order valence-electron chi connectivity index (χ2n) is 11.7. The van der Waals surface area contributed by atoms with Crippen LogP contribution >= 0.6 is 0 Å². The van der Waals surface area contributed by atoms with E-state index in [-0.39, 0.29) is 0 Å². The van der Waals surface area contributed by atoms with E-state index in [4.69, 9.17) is 19.4 Å². The Kier molecular flexibility index (Phi) is 6.43. The molecule has 0 fully saturated rings. The molecule has 47 heavy (non-hydrogen) atoms. The Morgan fingerprint density at radius 2 is 0.851 bits per heavy atom. The van der Waals surface area contributed by atoms with Gasteiger partial charge in [0.25, 0.3) is 0 Å². The van der Waals surface area contributed by atoms with Gasteiger partial charge < -0.3 is 4.42 Å². The second-order valence-corrected chi connectivity index (χ2v) is 11.7. The van der Waals surface area contributed by atoms with Crippen molar-refractivity contribution in [3.63, 3.8) is 0 Å². The first-order valence-corrected chi connectivity index (χ1v) is 15.7. The van der Waals surface area contributed by atoms with E-state index in [1.165, 1.54) is 21.9 Å². The molecule has 7 aromatic carbocycles. The minimum absolute atomic E-state index is 0.601. The zero-order valence-electron chi connectivity index (χ0n) is 25.3. The molecule has 220 valence electrons. The number of fused-ring (bicyclic) bond motifs is 4. The predicted molar refractivity (Wildman–Crippen MR) is 192 cm³/mol. The lowest BCUT2D eigenvalue weighted by Gasteiger charge is -2.12. The Balaban J connectivity index is 1.26. The normalized spacial score (nSPS) is 11.4. The van der Waals surface area contributed by atoms with Crippen molar-refractivity contribution in [3.05, 3.63) is 164 Å². The third kappa shape index (κ3) is 4.93. The Hall–Kier alpha value is -6.39. The molecule has 9 aromatic rings. The summed E-state index contributed by atoms with van der Waals surface area (Å²) >= 11 is 0. The molecule has 0 atom stereocenters. The van der Waals surface area contributed by atoms with E-state index in [9.17, 15) is 0 Å². The highest BCUT2D eigenvalue weighted by Gasteiger charge is 2.19. The minimum Gasteiger partial charge on any atom is -0.456 e. The van der Waals surface area contributed by atoms with Gasteiger partial charge in [-0.2, -0.15) is 0 Å². The average molecular weight is 602 g/mol. The van der Waals surface area contributed by atoms with Crippen LogP contribution in [0.15, 0.2) is 168 Å². The molecule has 0 N–H and O–H groups in total. The molecule has 0 bridgehead atoms. The smallest absolute Gasteiger partial charge is 0.164 e. The van der Waals surface area contributed by atoms with E-state index >= 15 is 0 Å². The maximum atomic E-state index is 6.49. The van der Waals surface area contributed by atoms with Gasteiger partial charge >= 0.3 is 0 Å². The maximum absolute atomic E-state index is 6.49. The van der Waals surface area contributed by atoms with E-state index in [2.05, 4.69) is 78.9 Å². The number of hydrogen-bond donors (Lipinski definition) is 0. The largest absolute Gasteiger partial charge is 0.456 e. The second kappa shape index (κ2) is 11.2. The van der Waals surface area contributed by atoms with Gasteiger partial charge in [-0.1, -0.05) is 133 Å². The number of furan rings is 1. The predicted octanol–water partition coefficient (Wildman–Crippen LogP) is 11.3. The van der Waals surface area contributed by atoms with Gasteiger partial charge in [0.1, 0.15) is 11.2 Å². The molecule has 4 nitrogen and oxygen atoms in total. The summed E-state index contributed by atoms with van der Waals surface area (Å²) in [4.78, 5) is 15.1. The fourth-order valence-electron chi connectivity index (χ4n) is 6.36. The molecule has 2 aromatic heterocycles. The highest BCUT2D eigenvalue weighted by Crippen LogP contribution is 2.40. The lowest BCUT2D eigenvalue weighted by molar-refractivity contribution is 0.669. The third-order valence-electron chi connectivity index (χ3n) is 8.70. The van der Waals surface area contributed by atoms with Gasteiger partial charge in [-0.05, 0) is 63.4 Å². The zero-order valence-corrected chi connectivity index (χ0v) is 25.3. The quantitative estimate of drug-likeness (QED) is 0.197. The first-order chi connectivity index (χ1) is 23.3. The monoisotopic (exact) mass is 601 g/mol. The Morgan fingerprint density at radius 3 is 1.47 bits per heavy atom. The molecule has 0 amide bonds. The highest BCUT2D eigenvalue weighted by molar-refractivity contribution is 6.13. The molecule has 0 unspecified atom stereocenters. The van der Waals surface area contributed by atoms with Crippen LogP contribution in [0.4, 0.5) is 0 Å². The van der Waals surface area contributed by atoms with Crippen molar-refractivity contribution in [1.82, 2.24) is 15.0 Å². The number of benzene rings is 7. The Bertz CT molecular complexity index is 2500. The molecular weight excluding hydrogens is 574 g/mol. The van der Waals surface area contributed by atoms with Crippen molar-refractivity contribution in [2.24, 2.45) is 0 Å². The summed E-state index contributed by atoms with van der Waals surface area (Å²) in [5, 5.41) is 4.38. The van der Waals surface area contributed by atoms with Gasteiger partial charge in [0, 0.05) is 27.5 Å². The number of rotatable bonds is 5. The Morgan fingerprint density at radius 1 is 0.340 bits per heavy atom. The summed E-state index contributed by atoms with van der Waals surface area (Å²) < 4.78 is 6.49. The molecule has 0 radical (unpaired) electrons. The van der Waals surface area contributed by atoms with Gasteiger partial charge in [0.15, 0.2) is 17.5 Å². The van der Waals surface area contributed by atoms with Crippen LogP contribution in [-0.2, 0) is 0 Å². The lowest BCUT2D eigenvalue weighted by atomic mass is 9.95. The van der Waals surface area contributed by atoms with Gasteiger partial charge in [-0.25, -0.2) is 15.0 Å². The van der Waals surface area contributed by atoms with E-state index in [0.29, 0.717) is 17.5 Å². The molecule has 0 aliphatic rings. The first kappa shape index (κ1) is 27.0. The first-order valence-electron chi connectivity index (χ1n) is 15.7. The Labute approximate surface area is 271 Å². The summed E-state index contributed by atoms with van der Waals surface area (Å²) in [5.74, 6) is 1.85.